The van der Waals surface area contributed by atoms with Crippen molar-refractivity contribution < 1.29 is 0 Å². The SMILES string of the molecule is c1ccc(N(CC2CCCCC2)CC2CCCCC2)cc1. The third kappa shape index (κ3) is 4.49. The lowest BCUT2D eigenvalue weighted by Gasteiger charge is -2.35. The minimum absolute atomic E-state index is 0.933. The van der Waals surface area contributed by atoms with Gasteiger partial charge in [0, 0.05) is 18.8 Å². The Labute approximate surface area is 130 Å². The lowest BCUT2D eigenvalue weighted by Crippen LogP contribution is -2.35. The fourth-order valence-corrected chi connectivity index (χ4v) is 4.29. The van der Waals surface area contributed by atoms with Crippen molar-refractivity contribution in [1.82, 2.24) is 0 Å². The Hall–Kier alpha value is -0.980. The number of para-hydroxylation sites is 1. The van der Waals surface area contributed by atoms with E-state index in [1.807, 2.05) is 0 Å². The smallest absolute Gasteiger partial charge is 0.0366 e. The summed E-state index contributed by atoms with van der Waals surface area (Å²) in [6.07, 6.45) is 14.6. The van der Waals surface area contributed by atoms with Gasteiger partial charge >= 0.3 is 0 Å². The van der Waals surface area contributed by atoms with Crippen LogP contribution in [0, 0.1) is 11.8 Å². The van der Waals surface area contributed by atoms with Gasteiger partial charge in [0.2, 0.25) is 0 Å². The van der Waals surface area contributed by atoms with Crippen LogP contribution < -0.4 is 4.90 Å². The monoisotopic (exact) mass is 285 g/mol. The van der Waals surface area contributed by atoms with Crippen LogP contribution in [0.5, 0.6) is 0 Å². The summed E-state index contributed by atoms with van der Waals surface area (Å²) in [7, 11) is 0. The van der Waals surface area contributed by atoms with Gasteiger partial charge in [0.1, 0.15) is 0 Å². The average molecular weight is 285 g/mol. The van der Waals surface area contributed by atoms with E-state index >= 15 is 0 Å². The molecule has 2 fully saturated rings. The van der Waals surface area contributed by atoms with Crippen molar-refractivity contribution >= 4 is 5.69 Å². The summed E-state index contributed by atoms with van der Waals surface area (Å²) >= 11 is 0. The van der Waals surface area contributed by atoms with Crippen molar-refractivity contribution in [2.45, 2.75) is 64.2 Å². The number of nitrogens with zero attached hydrogens (tertiary/aromatic N) is 1. The van der Waals surface area contributed by atoms with Crippen LogP contribution in [0.15, 0.2) is 30.3 Å². The van der Waals surface area contributed by atoms with E-state index in [-0.39, 0.29) is 0 Å². The van der Waals surface area contributed by atoms with Gasteiger partial charge in [0.25, 0.3) is 0 Å². The molecule has 116 valence electrons. The third-order valence-corrected chi connectivity index (χ3v) is 5.53. The van der Waals surface area contributed by atoms with Crippen molar-refractivity contribution in [3.8, 4) is 0 Å². The molecule has 0 bridgehead atoms. The first-order valence-electron chi connectivity index (χ1n) is 9.22. The van der Waals surface area contributed by atoms with Gasteiger partial charge in [-0.05, 0) is 49.7 Å². The highest BCUT2D eigenvalue weighted by molar-refractivity contribution is 5.46. The van der Waals surface area contributed by atoms with Crippen LogP contribution in [-0.2, 0) is 0 Å². The average Bonchev–Trinajstić information content (AvgIpc) is 2.57. The number of hydrogen-bond donors (Lipinski definition) is 0. The van der Waals surface area contributed by atoms with Crippen LogP contribution in [-0.4, -0.2) is 13.1 Å². The Morgan fingerprint density at radius 3 is 1.62 bits per heavy atom. The van der Waals surface area contributed by atoms with Gasteiger partial charge < -0.3 is 4.90 Å². The first-order chi connectivity index (χ1) is 10.4. The predicted octanol–water partition coefficient (Wildman–Crippen LogP) is 5.65. The zero-order chi connectivity index (χ0) is 14.3. The molecule has 0 saturated heterocycles. The lowest BCUT2D eigenvalue weighted by molar-refractivity contribution is 0.327. The first kappa shape index (κ1) is 14.9. The largest absolute Gasteiger partial charge is 0.371 e. The van der Waals surface area contributed by atoms with Crippen LogP contribution in [0.1, 0.15) is 64.2 Å². The molecule has 0 heterocycles. The van der Waals surface area contributed by atoms with Crippen LogP contribution in [0.3, 0.4) is 0 Å². The van der Waals surface area contributed by atoms with E-state index < -0.39 is 0 Å². The van der Waals surface area contributed by atoms with Crippen molar-refractivity contribution in [3.05, 3.63) is 30.3 Å². The Morgan fingerprint density at radius 2 is 1.14 bits per heavy atom. The number of hydrogen-bond acceptors (Lipinski definition) is 1. The molecule has 0 atom stereocenters. The second-order valence-electron chi connectivity index (χ2n) is 7.25. The maximum absolute atomic E-state index is 2.71. The predicted molar refractivity (Wildman–Crippen MR) is 91.8 cm³/mol. The van der Waals surface area contributed by atoms with Crippen molar-refractivity contribution in [1.29, 1.82) is 0 Å². The van der Waals surface area contributed by atoms with Crippen molar-refractivity contribution in [2.24, 2.45) is 11.8 Å². The second kappa shape index (κ2) is 7.87. The quantitative estimate of drug-likeness (QED) is 0.675. The number of anilines is 1. The number of rotatable bonds is 5. The molecule has 1 nitrogen and oxygen atoms in total. The standard InChI is InChI=1S/C20H31N/c1-4-10-18(11-5-1)16-21(20-14-8-3-9-15-20)17-19-12-6-2-7-13-19/h3,8-9,14-15,18-19H,1-2,4-7,10-13,16-17H2. The van der Waals surface area contributed by atoms with E-state index in [0.29, 0.717) is 0 Å². The van der Waals surface area contributed by atoms with Crippen LogP contribution in [0.25, 0.3) is 0 Å². The van der Waals surface area contributed by atoms with Crippen molar-refractivity contribution in [2.75, 3.05) is 18.0 Å². The van der Waals surface area contributed by atoms with E-state index in [1.54, 1.807) is 0 Å². The molecule has 2 saturated carbocycles. The van der Waals surface area contributed by atoms with Gasteiger partial charge in [0.15, 0.2) is 0 Å². The third-order valence-electron chi connectivity index (χ3n) is 5.53. The maximum atomic E-state index is 2.71. The summed E-state index contributed by atoms with van der Waals surface area (Å²) in [6, 6.07) is 11.2. The van der Waals surface area contributed by atoms with Gasteiger partial charge in [-0.3, -0.25) is 0 Å². The van der Waals surface area contributed by atoms with E-state index in [4.69, 9.17) is 0 Å². The van der Waals surface area contributed by atoms with Gasteiger partial charge in [-0.15, -0.1) is 0 Å². The Morgan fingerprint density at radius 1 is 0.667 bits per heavy atom. The van der Waals surface area contributed by atoms with Crippen LogP contribution in [0.4, 0.5) is 5.69 Å². The summed E-state index contributed by atoms with van der Waals surface area (Å²) in [5, 5.41) is 0. The van der Waals surface area contributed by atoms with E-state index in [9.17, 15) is 0 Å². The molecule has 0 aliphatic heterocycles. The second-order valence-corrected chi connectivity index (χ2v) is 7.25. The molecule has 21 heavy (non-hydrogen) atoms. The minimum atomic E-state index is 0.933. The molecule has 1 heteroatoms. The fraction of sp³-hybridized carbons (Fsp3) is 0.700. The lowest BCUT2D eigenvalue weighted by atomic mass is 9.86. The molecule has 1 aromatic carbocycles. The Kier molecular flexibility index (Phi) is 5.60. The highest BCUT2D eigenvalue weighted by atomic mass is 15.1. The first-order valence-corrected chi connectivity index (χ1v) is 9.22. The van der Waals surface area contributed by atoms with Gasteiger partial charge in [0.05, 0.1) is 0 Å². The van der Waals surface area contributed by atoms with Crippen LogP contribution >= 0.6 is 0 Å². The molecule has 0 amide bonds. The molecule has 0 spiro atoms. The normalized spacial score (nSPS) is 21.3. The molecule has 1 aromatic rings. The molecule has 0 radical (unpaired) electrons. The number of benzene rings is 1. The van der Waals surface area contributed by atoms with Crippen LogP contribution in [0.2, 0.25) is 0 Å². The fourth-order valence-electron chi connectivity index (χ4n) is 4.29. The van der Waals surface area contributed by atoms with Gasteiger partial charge in [-0.25, -0.2) is 0 Å². The Bertz CT molecular complexity index is 368. The minimum Gasteiger partial charge on any atom is -0.371 e. The molecule has 0 N–H and O–H groups in total. The summed E-state index contributed by atoms with van der Waals surface area (Å²) in [6.45, 7) is 2.58. The van der Waals surface area contributed by atoms with E-state index in [0.717, 1.165) is 11.8 Å². The van der Waals surface area contributed by atoms with E-state index in [1.165, 1.54) is 83.0 Å². The Balaban J connectivity index is 1.64. The molecule has 0 aromatic heterocycles. The molecular weight excluding hydrogens is 254 g/mol. The maximum Gasteiger partial charge on any atom is 0.0366 e. The summed E-state index contributed by atoms with van der Waals surface area (Å²) in [5.74, 6) is 1.87. The molecule has 3 rings (SSSR count). The molecule has 0 unspecified atom stereocenters. The van der Waals surface area contributed by atoms with E-state index in [2.05, 4.69) is 35.2 Å². The molecule has 2 aliphatic rings. The van der Waals surface area contributed by atoms with Gasteiger partial charge in [-0.2, -0.15) is 0 Å². The topological polar surface area (TPSA) is 3.24 Å². The summed E-state index contributed by atoms with van der Waals surface area (Å²) < 4.78 is 0. The zero-order valence-corrected chi connectivity index (χ0v) is 13.5. The highest BCUT2D eigenvalue weighted by Gasteiger charge is 2.21. The molecular formula is C20H31N. The molecule has 2 aliphatic carbocycles. The zero-order valence-electron chi connectivity index (χ0n) is 13.5. The highest BCUT2D eigenvalue weighted by Crippen LogP contribution is 2.30. The van der Waals surface area contributed by atoms with Gasteiger partial charge in [-0.1, -0.05) is 56.7 Å². The summed E-state index contributed by atoms with van der Waals surface area (Å²) in [4.78, 5) is 2.71. The van der Waals surface area contributed by atoms with Crippen molar-refractivity contribution in [3.63, 3.8) is 0 Å². The summed E-state index contributed by atoms with van der Waals surface area (Å²) in [5.41, 5.74) is 1.45.